The van der Waals surface area contributed by atoms with Gasteiger partial charge in [0.1, 0.15) is 0 Å². The summed E-state index contributed by atoms with van der Waals surface area (Å²) < 4.78 is 9.13. The third-order valence-electron chi connectivity index (χ3n) is 8.57. The molecule has 0 unspecified atom stereocenters. The Bertz CT molecular complexity index is 1400. The zero-order valence-corrected chi connectivity index (χ0v) is 28.2. The van der Waals surface area contributed by atoms with Crippen molar-refractivity contribution >= 4 is 99.5 Å². The van der Waals surface area contributed by atoms with E-state index in [4.69, 9.17) is 0 Å². The molecule has 37 heavy (non-hydrogen) atoms. The Morgan fingerprint density at radius 3 is 1.35 bits per heavy atom. The van der Waals surface area contributed by atoms with Crippen LogP contribution in [0.3, 0.4) is 0 Å². The van der Waals surface area contributed by atoms with Crippen LogP contribution in [0.15, 0.2) is 36.4 Å². The molecule has 0 N–H and O–H groups in total. The van der Waals surface area contributed by atoms with Crippen molar-refractivity contribution in [1.82, 2.24) is 0 Å². The third-order valence-corrected chi connectivity index (χ3v) is 19.5. The van der Waals surface area contributed by atoms with Crippen molar-refractivity contribution in [1.29, 1.82) is 0 Å². The molecule has 198 valence electrons. The van der Waals surface area contributed by atoms with Gasteiger partial charge >= 0.3 is 0 Å². The average Bonchev–Trinajstić information content (AvgIpc) is 3.52. The van der Waals surface area contributed by atoms with Gasteiger partial charge in [0.05, 0.1) is 34.9 Å². The van der Waals surface area contributed by atoms with Crippen LogP contribution in [0.2, 0.25) is 38.3 Å². The van der Waals surface area contributed by atoms with Gasteiger partial charge in [0.25, 0.3) is 0 Å². The van der Waals surface area contributed by atoms with E-state index in [0.717, 1.165) is 0 Å². The molecule has 0 aliphatic rings. The van der Waals surface area contributed by atoms with Crippen molar-refractivity contribution in [3.05, 3.63) is 36.4 Å². The topological polar surface area (TPSA) is 0 Å². The highest BCUT2D eigenvalue weighted by Gasteiger charge is 2.26. The van der Waals surface area contributed by atoms with Gasteiger partial charge in [0.2, 0.25) is 0 Å². The van der Waals surface area contributed by atoms with Gasteiger partial charge in [-0.15, -0.1) is 34.0 Å². The lowest BCUT2D eigenvalue weighted by atomic mass is 10.2. The Morgan fingerprint density at radius 1 is 0.514 bits per heavy atom. The molecule has 0 saturated carbocycles. The predicted octanol–water partition coefficient (Wildman–Crippen LogP) is 11.5. The van der Waals surface area contributed by atoms with Crippen LogP contribution < -0.4 is 10.4 Å². The zero-order valence-electron chi connectivity index (χ0n) is 23.8. The van der Waals surface area contributed by atoms with Crippen molar-refractivity contribution in [3.8, 4) is 0 Å². The van der Waals surface area contributed by atoms with E-state index < -0.39 is 16.1 Å². The molecule has 0 aliphatic carbocycles. The van der Waals surface area contributed by atoms with Crippen LogP contribution in [-0.4, -0.2) is 16.1 Å². The van der Waals surface area contributed by atoms with Gasteiger partial charge in [-0.05, 0) is 12.1 Å². The highest BCUT2D eigenvalue weighted by atomic mass is 32.1. The van der Waals surface area contributed by atoms with Gasteiger partial charge in [-0.25, -0.2) is 0 Å². The Kier molecular flexibility index (Phi) is 8.38. The van der Waals surface area contributed by atoms with E-state index in [1.165, 1.54) is 102 Å². The number of unbranched alkanes of at least 4 members (excludes halogenated alkanes) is 6. The van der Waals surface area contributed by atoms with Crippen molar-refractivity contribution in [2.45, 2.75) is 103 Å². The van der Waals surface area contributed by atoms with Crippen LogP contribution in [0.5, 0.6) is 0 Å². The standard InChI is InChI=1S/C32H44S3Si2/c1-7-9-11-13-19-36(3,4)23-15-17-25-27(21-23)33-31-29(25)35-30-26-18-16-24(22-28(26)34-32(30)31)37(5,6)20-14-12-10-8-2/h15-18,21-22H,7-14,19-20H2,1-6H3. The molecule has 0 spiro atoms. The normalized spacial score (nSPS) is 13.1. The maximum Gasteiger partial charge on any atom is 0.0807 e. The molecule has 3 aromatic heterocycles. The van der Waals surface area contributed by atoms with Crippen LogP contribution in [0.4, 0.5) is 0 Å². The molecule has 0 fully saturated rings. The molecule has 5 aromatic rings. The second kappa shape index (κ2) is 11.2. The van der Waals surface area contributed by atoms with Gasteiger partial charge in [0, 0.05) is 20.2 Å². The summed E-state index contributed by atoms with van der Waals surface area (Å²) in [6, 6.07) is 17.8. The molecule has 2 aromatic carbocycles. The minimum absolute atomic E-state index is 1.33. The minimum atomic E-state index is -1.38. The van der Waals surface area contributed by atoms with Gasteiger partial charge < -0.3 is 0 Å². The highest BCUT2D eigenvalue weighted by Crippen LogP contribution is 2.49. The number of hydrogen-bond donors (Lipinski definition) is 0. The molecule has 0 saturated heterocycles. The summed E-state index contributed by atoms with van der Waals surface area (Å²) in [7, 11) is -2.76. The summed E-state index contributed by atoms with van der Waals surface area (Å²) >= 11 is 6.15. The molecule has 0 bridgehead atoms. The largest absolute Gasteiger partial charge is 0.133 e. The van der Waals surface area contributed by atoms with Crippen LogP contribution in [-0.2, 0) is 0 Å². The first-order chi connectivity index (χ1) is 17.7. The van der Waals surface area contributed by atoms with E-state index in [9.17, 15) is 0 Å². The molecule has 0 aliphatic heterocycles. The summed E-state index contributed by atoms with van der Waals surface area (Å²) in [6.45, 7) is 14.9. The van der Waals surface area contributed by atoms with E-state index in [1.807, 2.05) is 11.3 Å². The minimum Gasteiger partial charge on any atom is -0.133 e. The van der Waals surface area contributed by atoms with Gasteiger partial charge in [-0.2, -0.15) is 0 Å². The summed E-state index contributed by atoms with van der Waals surface area (Å²) in [5, 5.41) is 6.26. The second-order valence-electron chi connectivity index (χ2n) is 12.4. The average molecular weight is 581 g/mol. The molecule has 0 radical (unpaired) electrons. The lowest BCUT2D eigenvalue weighted by molar-refractivity contribution is 0.697. The lowest BCUT2D eigenvalue weighted by Crippen LogP contribution is -2.40. The van der Waals surface area contributed by atoms with E-state index >= 15 is 0 Å². The number of fused-ring (bicyclic) bond motifs is 7. The number of thiophene rings is 3. The van der Waals surface area contributed by atoms with Gasteiger partial charge in [-0.1, -0.05) is 138 Å². The third kappa shape index (κ3) is 5.54. The van der Waals surface area contributed by atoms with Crippen molar-refractivity contribution in [3.63, 3.8) is 0 Å². The van der Waals surface area contributed by atoms with Crippen molar-refractivity contribution in [2.24, 2.45) is 0 Å². The first-order valence-corrected chi connectivity index (χ1v) is 23.4. The molecule has 0 amide bonds. The van der Waals surface area contributed by atoms with Crippen LogP contribution >= 0.6 is 34.0 Å². The van der Waals surface area contributed by atoms with Crippen LogP contribution in [0.1, 0.15) is 65.2 Å². The number of rotatable bonds is 12. The molecular formula is C32H44S3Si2. The van der Waals surface area contributed by atoms with E-state index in [2.05, 4.69) is 99.1 Å². The highest BCUT2D eigenvalue weighted by molar-refractivity contribution is 7.43. The molecule has 5 heteroatoms. The molecule has 5 rings (SSSR count). The molecule has 3 heterocycles. The maximum atomic E-state index is 2.58. The fraction of sp³-hybridized carbons (Fsp3) is 0.500. The van der Waals surface area contributed by atoms with Crippen LogP contribution in [0.25, 0.3) is 39.0 Å². The Morgan fingerprint density at radius 2 is 0.946 bits per heavy atom. The summed E-state index contributed by atoms with van der Waals surface area (Å²) in [5.74, 6) is 0. The SMILES string of the molecule is CCCCCC[Si](C)(C)c1ccc2c(c1)sc1c2sc2c3ccc([Si](C)(C)CCCCCC)cc3sc21. The Labute approximate surface area is 238 Å². The first kappa shape index (κ1) is 27.6. The van der Waals surface area contributed by atoms with Crippen molar-refractivity contribution in [2.75, 3.05) is 0 Å². The Balaban J connectivity index is 1.46. The van der Waals surface area contributed by atoms with E-state index in [-0.39, 0.29) is 0 Å². The second-order valence-corrected chi connectivity index (χ2v) is 25.2. The van der Waals surface area contributed by atoms with Gasteiger partial charge in [0.15, 0.2) is 0 Å². The lowest BCUT2D eigenvalue weighted by Gasteiger charge is -2.23. The quantitative estimate of drug-likeness (QED) is 0.102. The first-order valence-electron chi connectivity index (χ1n) is 14.6. The molecular weight excluding hydrogens is 537 g/mol. The molecule has 0 atom stereocenters. The number of benzene rings is 2. The molecule has 0 nitrogen and oxygen atoms in total. The smallest absolute Gasteiger partial charge is 0.0807 e. The van der Waals surface area contributed by atoms with E-state index in [1.54, 1.807) is 10.4 Å². The van der Waals surface area contributed by atoms with E-state index in [0.29, 0.717) is 0 Å². The predicted molar refractivity (Wildman–Crippen MR) is 182 cm³/mol. The summed E-state index contributed by atoms with van der Waals surface area (Å²) in [6.07, 6.45) is 11.0. The number of hydrogen-bond acceptors (Lipinski definition) is 3. The monoisotopic (exact) mass is 580 g/mol. The Hall–Kier alpha value is -0.986. The zero-order chi connectivity index (χ0) is 26.2. The fourth-order valence-electron chi connectivity index (χ4n) is 5.87. The van der Waals surface area contributed by atoms with Gasteiger partial charge in [-0.3, -0.25) is 0 Å². The maximum absolute atomic E-state index is 2.58. The van der Waals surface area contributed by atoms with Crippen LogP contribution in [0, 0.1) is 0 Å². The summed E-state index contributed by atoms with van der Waals surface area (Å²) in [4.78, 5) is 0. The van der Waals surface area contributed by atoms with Crippen molar-refractivity contribution < 1.29 is 0 Å². The fourth-order valence-corrected chi connectivity index (χ4v) is 15.4. The summed E-state index contributed by atoms with van der Waals surface area (Å²) in [5.41, 5.74) is 0.